The molecule has 1 saturated heterocycles. The lowest BCUT2D eigenvalue weighted by atomic mass is 10.2. The fourth-order valence-corrected chi connectivity index (χ4v) is 2.67. The summed E-state index contributed by atoms with van der Waals surface area (Å²) in [6.45, 7) is 6.24. The highest BCUT2D eigenvalue weighted by Crippen LogP contribution is 2.17. The fourth-order valence-electron chi connectivity index (χ4n) is 2.67. The Labute approximate surface area is 122 Å². The van der Waals surface area contributed by atoms with Crippen LogP contribution in [-0.2, 0) is 11.3 Å². The molecule has 1 atom stereocenters. The molecule has 7 nitrogen and oxygen atoms in total. The van der Waals surface area contributed by atoms with Gasteiger partial charge in [-0.3, -0.25) is 4.90 Å². The van der Waals surface area contributed by atoms with Gasteiger partial charge in [0.15, 0.2) is 0 Å². The average molecular weight is 290 g/mol. The molecule has 1 aromatic heterocycles. The first kappa shape index (κ1) is 14.0. The van der Waals surface area contributed by atoms with Gasteiger partial charge in [0, 0.05) is 13.1 Å². The van der Waals surface area contributed by atoms with Crippen LogP contribution >= 0.6 is 0 Å². The van der Waals surface area contributed by atoms with Gasteiger partial charge in [0.05, 0.1) is 30.3 Å². The minimum absolute atomic E-state index is 0.0529. The number of nitrogens with zero attached hydrogens (tertiary/aromatic N) is 4. The molecule has 0 aliphatic carbocycles. The van der Waals surface area contributed by atoms with Crippen LogP contribution in [0.1, 0.15) is 17.3 Å². The van der Waals surface area contributed by atoms with Crippen LogP contribution in [0.25, 0.3) is 11.0 Å². The van der Waals surface area contributed by atoms with Crippen LogP contribution in [-0.4, -0.2) is 63.3 Å². The molecule has 0 spiro atoms. The SMILES string of the molecule is CCN1CCOC(Cn2nnc3c(C(=O)O)cccc32)C1. The first-order valence-electron chi connectivity index (χ1n) is 7.08. The van der Waals surface area contributed by atoms with Gasteiger partial charge in [0.25, 0.3) is 0 Å². The second kappa shape index (κ2) is 5.79. The molecule has 1 fully saturated rings. The van der Waals surface area contributed by atoms with E-state index < -0.39 is 5.97 Å². The summed E-state index contributed by atoms with van der Waals surface area (Å²) in [6, 6.07) is 5.09. The third-order valence-corrected chi connectivity index (χ3v) is 3.82. The van der Waals surface area contributed by atoms with Crippen molar-refractivity contribution in [1.82, 2.24) is 19.9 Å². The molecule has 112 valence electrons. The lowest BCUT2D eigenvalue weighted by molar-refractivity contribution is -0.0354. The maximum absolute atomic E-state index is 11.2. The van der Waals surface area contributed by atoms with Crippen molar-refractivity contribution in [2.24, 2.45) is 0 Å². The maximum atomic E-state index is 11.2. The highest BCUT2D eigenvalue weighted by atomic mass is 16.5. The summed E-state index contributed by atoms with van der Waals surface area (Å²) in [4.78, 5) is 13.5. The molecule has 0 saturated carbocycles. The van der Waals surface area contributed by atoms with Crippen LogP contribution in [0.2, 0.25) is 0 Å². The highest BCUT2D eigenvalue weighted by molar-refractivity contribution is 6.00. The summed E-state index contributed by atoms with van der Waals surface area (Å²) in [6.07, 6.45) is 0.0529. The van der Waals surface area contributed by atoms with Crippen molar-refractivity contribution in [1.29, 1.82) is 0 Å². The fraction of sp³-hybridized carbons (Fsp3) is 0.500. The van der Waals surface area contributed by atoms with Crippen molar-refractivity contribution in [2.75, 3.05) is 26.2 Å². The Hall–Kier alpha value is -1.99. The number of aromatic carboxylic acids is 1. The zero-order valence-electron chi connectivity index (χ0n) is 11.9. The Morgan fingerprint density at radius 1 is 1.52 bits per heavy atom. The van der Waals surface area contributed by atoms with Gasteiger partial charge in [-0.2, -0.15) is 0 Å². The number of carboxylic acid groups (broad SMARTS) is 1. The smallest absolute Gasteiger partial charge is 0.338 e. The van der Waals surface area contributed by atoms with Crippen LogP contribution in [0.3, 0.4) is 0 Å². The largest absolute Gasteiger partial charge is 0.478 e. The summed E-state index contributed by atoms with van der Waals surface area (Å²) in [5.41, 5.74) is 1.33. The first-order chi connectivity index (χ1) is 10.2. The number of ether oxygens (including phenoxy) is 1. The molecule has 0 amide bonds. The Kier molecular flexibility index (Phi) is 3.85. The Balaban J connectivity index is 1.85. The topological polar surface area (TPSA) is 80.5 Å². The van der Waals surface area contributed by atoms with Gasteiger partial charge < -0.3 is 9.84 Å². The van der Waals surface area contributed by atoms with E-state index in [4.69, 9.17) is 4.74 Å². The number of carbonyl (C=O) groups is 1. The minimum atomic E-state index is -0.987. The van der Waals surface area contributed by atoms with Crippen molar-refractivity contribution >= 4 is 17.0 Å². The second-order valence-electron chi connectivity index (χ2n) is 5.14. The standard InChI is InChI=1S/C14H18N4O3/c1-2-17-6-7-21-10(8-17)9-18-12-5-3-4-11(14(19)20)13(12)15-16-18/h3-5,10H,2,6-9H2,1H3,(H,19,20). The molecular weight excluding hydrogens is 272 g/mol. The molecule has 3 rings (SSSR count). The Morgan fingerprint density at radius 2 is 2.38 bits per heavy atom. The van der Waals surface area contributed by atoms with Gasteiger partial charge in [-0.15, -0.1) is 5.10 Å². The lowest BCUT2D eigenvalue weighted by Crippen LogP contribution is -2.44. The van der Waals surface area contributed by atoms with Crippen LogP contribution in [0.4, 0.5) is 0 Å². The quantitative estimate of drug-likeness (QED) is 0.899. The summed E-state index contributed by atoms with van der Waals surface area (Å²) in [7, 11) is 0. The van der Waals surface area contributed by atoms with E-state index in [1.165, 1.54) is 0 Å². The number of benzene rings is 1. The molecule has 1 aliphatic heterocycles. The lowest BCUT2D eigenvalue weighted by Gasteiger charge is -2.31. The van der Waals surface area contributed by atoms with Crippen molar-refractivity contribution in [3.63, 3.8) is 0 Å². The number of hydrogen-bond acceptors (Lipinski definition) is 5. The van der Waals surface area contributed by atoms with Gasteiger partial charge in [0.1, 0.15) is 5.52 Å². The number of rotatable bonds is 4. The predicted octanol–water partition coefficient (Wildman–Crippen LogP) is 0.850. The molecule has 0 bridgehead atoms. The van der Waals surface area contributed by atoms with Crippen molar-refractivity contribution in [3.8, 4) is 0 Å². The second-order valence-corrected chi connectivity index (χ2v) is 5.14. The van der Waals surface area contributed by atoms with E-state index in [2.05, 4.69) is 22.1 Å². The summed E-state index contributed by atoms with van der Waals surface area (Å²) >= 11 is 0. The van der Waals surface area contributed by atoms with Crippen LogP contribution in [0, 0.1) is 0 Å². The summed E-state index contributed by atoms with van der Waals surface area (Å²) in [5.74, 6) is -0.987. The number of likely N-dealkylation sites (N-methyl/N-ethyl adjacent to an activating group) is 1. The van der Waals surface area contributed by atoms with E-state index in [9.17, 15) is 9.90 Å². The maximum Gasteiger partial charge on any atom is 0.338 e. The number of hydrogen-bond donors (Lipinski definition) is 1. The van der Waals surface area contributed by atoms with E-state index in [0.717, 1.165) is 25.2 Å². The van der Waals surface area contributed by atoms with Crippen LogP contribution in [0.15, 0.2) is 18.2 Å². The highest BCUT2D eigenvalue weighted by Gasteiger charge is 2.21. The third-order valence-electron chi connectivity index (χ3n) is 3.82. The van der Waals surface area contributed by atoms with Crippen LogP contribution < -0.4 is 0 Å². The molecule has 2 heterocycles. The molecule has 21 heavy (non-hydrogen) atoms. The molecule has 7 heteroatoms. The first-order valence-corrected chi connectivity index (χ1v) is 7.08. The van der Waals surface area contributed by atoms with Gasteiger partial charge >= 0.3 is 5.97 Å². The van der Waals surface area contributed by atoms with Gasteiger partial charge in [-0.25, -0.2) is 9.48 Å². The average Bonchev–Trinajstić information content (AvgIpc) is 2.90. The Morgan fingerprint density at radius 3 is 3.14 bits per heavy atom. The summed E-state index contributed by atoms with van der Waals surface area (Å²) < 4.78 is 7.49. The third kappa shape index (κ3) is 2.74. The number of fused-ring (bicyclic) bond motifs is 1. The monoisotopic (exact) mass is 290 g/mol. The van der Waals surface area contributed by atoms with Gasteiger partial charge in [0.2, 0.25) is 0 Å². The van der Waals surface area contributed by atoms with E-state index >= 15 is 0 Å². The van der Waals surface area contributed by atoms with E-state index in [1.807, 2.05) is 6.07 Å². The molecule has 1 aliphatic rings. The molecule has 0 radical (unpaired) electrons. The molecule has 2 aromatic rings. The molecule has 1 unspecified atom stereocenters. The number of aromatic nitrogens is 3. The minimum Gasteiger partial charge on any atom is -0.478 e. The molecule has 1 aromatic carbocycles. The molecule has 1 N–H and O–H groups in total. The van der Waals surface area contributed by atoms with Crippen LogP contribution in [0.5, 0.6) is 0 Å². The van der Waals surface area contributed by atoms with Gasteiger partial charge in [-0.1, -0.05) is 18.2 Å². The zero-order chi connectivity index (χ0) is 14.8. The summed E-state index contributed by atoms with van der Waals surface area (Å²) in [5, 5.41) is 17.3. The normalized spacial score (nSPS) is 20.0. The predicted molar refractivity (Wildman–Crippen MR) is 76.3 cm³/mol. The van der Waals surface area contributed by atoms with E-state index in [0.29, 0.717) is 18.7 Å². The van der Waals surface area contributed by atoms with Crippen molar-refractivity contribution < 1.29 is 14.6 Å². The van der Waals surface area contributed by atoms with E-state index in [1.54, 1.807) is 16.8 Å². The molecular formula is C14H18N4O3. The number of carboxylic acids is 1. The van der Waals surface area contributed by atoms with E-state index in [-0.39, 0.29) is 11.7 Å². The number of morpholine rings is 1. The van der Waals surface area contributed by atoms with Crippen molar-refractivity contribution in [2.45, 2.75) is 19.6 Å². The van der Waals surface area contributed by atoms with Crippen molar-refractivity contribution in [3.05, 3.63) is 23.8 Å². The van der Waals surface area contributed by atoms with Gasteiger partial charge in [-0.05, 0) is 18.7 Å². The Bertz CT molecular complexity index is 655. The zero-order valence-corrected chi connectivity index (χ0v) is 11.9.